The minimum atomic E-state index is 0.0116. The third kappa shape index (κ3) is 3.87. The number of fused-ring (bicyclic) bond motifs is 1. The molecule has 1 amide bonds. The smallest absolute Gasteiger partial charge is 0.251 e. The van der Waals surface area contributed by atoms with Crippen LogP contribution in [0, 0.1) is 13.8 Å². The Balaban J connectivity index is 1.76. The van der Waals surface area contributed by atoms with Crippen molar-refractivity contribution in [2.45, 2.75) is 64.8 Å². The molecule has 1 N–H and O–H groups in total. The summed E-state index contributed by atoms with van der Waals surface area (Å²) in [5.74, 6) is 0.0116. The minimum absolute atomic E-state index is 0.0116. The standard InChI is InChI=1S/C19H25N3O/c1-13-14(2)21-18-12-15(10-11-17(18)20-13)19(23)22-16-8-6-4-3-5-7-9-16/h10-12,16H,3-9H2,1-2H3,(H,22,23). The molecule has 0 saturated heterocycles. The number of nitrogens with one attached hydrogen (secondary N) is 1. The summed E-state index contributed by atoms with van der Waals surface area (Å²) in [7, 11) is 0. The highest BCUT2D eigenvalue weighted by atomic mass is 16.1. The summed E-state index contributed by atoms with van der Waals surface area (Å²) in [6.45, 7) is 3.90. The Bertz CT molecular complexity index is 703. The van der Waals surface area contributed by atoms with Gasteiger partial charge in [0.25, 0.3) is 5.91 Å². The van der Waals surface area contributed by atoms with Crippen molar-refractivity contribution in [3.8, 4) is 0 Å². The summed E-state index contributed by atoms with van der Waals surface area (Å²) in [5.41, 5.74) is 4.16. The Kier molecular flexibility index (Phi) is 4.89. The average molecular weight is 311 g/mol. The summed E-state index contributed by atoms with van der Waals surface area (Å²) in [6.07, 6.45) is 8.53. The first-order valence-electron chi connectivity index (χ1n) is 8.69. The van der Waals surface area contributed by atoms with E-state index in [1.165, 1.54) is 32.1 Å². The molecular formula is C19H25N3O. The molecule has 1 heterocycles. The molecule has 122 valence electrons. The van der Waals surface area contributed by atoms with Crippen LogP contribution in [0.3, 0.4) is 0 Å². The molecule has 2 aromatic rings. The van der Waals surface area contributed by atoms with Crippen molar-refractivity contribution in [3.63, 3.8) is 0 Å². The largest absolute Gasteiger partial charge is 0.349 e. The molecule has 0 spiro atoms. The average Bonchev–Trinajstić information content (AvgIpc) is 2.50. The summed E-state index contributed by atoms with van der Waals surface area (Å²) in [6, 6.07) is 5.91. The van der Waals surface area contributed by atoms with Crippen LogP contribution in [-0.2, 0) is 0 Å². The fourth-order valence-electron chi connectivity index (χ4n) is 3.24. The number of amides is 1. The third-order valence-electron chi connectivity index (χ3n) is 4.78. The Hall–Kier alpha value is -1.97. The molecule has 0 radical (unpaired) electrons. The number of nitrogens with zero attached hydrogens (tertiary/aromatic N) is 2. The molecule has 3 rings (SSSR count). The SMILES string of the molecule is Cc1nc2ccc(C(=O)NC3CCCCCCC3)cc2nc1C. The number of carbonyl (C=O) groups excluding carboxylic acids is 1. The Morgan fingerprint density at radius 2 is 1.57 bits per heavy atom. The van der Waals surface area contributed by atoms with Crippen molar-refractivity contribution in [3.05, 3.63) is 35.2 Å². The predicted molar refractivity (Wildman–Crippen MR) is 92.6 cm³/mol. The topological polar surface area (TPSA) is 54.9 Å². The molecule has 0 bridgehead atoms. The highest BCUT2D eigenvalue weighted by Gasteiger charge is 2.15. The van der Waals surface area contributed by atoms with Crippen LogP contribution in [0.2, 0.25) is 0 Å². The Labute approximate surface area is 137 Å². The van der Waals surface area contributed by atoms with E-state index in [4.69, 9.17) is 0 Å². The van der Waals surface area contributed by atoms with Gasteiger partial charge in [-0.3, -0.25) is 4.79 Å². The van der Waals surface area contributed by atoms with Gasteiger partial charge in [-0.15, -0.1) is 0 Å². The lowest BCUT2D eigenvalue weighted by atomic mass is 9.96. The van der Waals surface area contributed by atoms with Gasteiger partial charge in [0.2, 0.25) is 0 Å². The molecule has 4 nitrogen and oxygen atoms in total. The van der Waals surface area contributed by atoms with Gasteiger partial charge in [-0.1, -0.05) is 32.1 Å². The zero-order chi connectivity index (χ0) is 16.2. The molecular weight excluding hydrogens is 286 g/mol. The summed E-state index contributed by atoms with van der Waals surface area (Å²) >= 11 is 0. The van der Waals surface area contributed by atoms with Gasteiger partial charge in [0.15, 0.2) is 0 Å². The molecule has 23 heavy (non-hydrogen) atoms. The molecule has 1 aromatic carbocycles. The van der Waals surface area contributed by atoms with Crippen LogP contribution in [0.5, 0.6) is 0 Å². The number of aryl methyl sites for hydroxylation is 2. The van der Waals surface area contributed by atoms with E-state index in [9.17, 15) is 4.79 Å². The zero-order valence-electron chi connectivity index (χ0n) is 14.1. The Morgan fingerprint density at radius 3 is 2.26 bits per heavy atom. The fraction of sp³-hybridized carbons (Fsp3) is 0.526. The predicted octanol–water partition coefficient (Wildman–Crippen LogP) is 4.09. The van der Waals surface area contributed by atoms with E-state index in [1.54, 1.807) is 0 Å². The fourth-order valence-corrected chi connectivity index (χ4v) is 3.24. The second-order valence-corrected chi connectivity index (χ2v) is 6.61. The number of benzene rings is 1. The van der Waals surface area contributed by atoms with Crippen molar-refractivity contribution in [2.24, 2.45) is 0 Å². The van der Waals surface area contributed by atoms with Crippen molar-refractivity contribution in [2.75, 3.05) is 0 Å². The summed E-state index contributed by atoms with van der Waals surface area (Å²) in [4.78, 5) is 21.6. The highest BCUT2D eigenvalue weighted by molar-refractivity contribution is 5.97. The molecule has 1 aliphatic rings. The highest BCUT2D eigenvalue weighted by Crippen LogP contribution is 2.18. The zero-order valence-corrected chi connectivity index (χ0v) is 14.1. The lowest BCUT2D eigenvalue weighted by molar-refractivity contribution is 0.0930. The molecule has 1 saturated carbocycles. The maximum atomic E-state index is 12.5. The second-order valence-electron chi connectivity index (χ2n) is 6.61. The van der Waals surface area contributed by atoms with Crippen molar-refractivity contribution >= 4 is 16.9 Å². The van der Waals surface area contributed by atoms with Crippen LogP contribution in [0.1, 0.15) is 66.7 Å². The van der Waals surface area contributed by atoms with Crippen LogP contribution in [0.4, 0.5) is 0 Å². The van der Waals surface area contributed by atoms with Crippen molar-refractivity contribution < 1.29 is 4.79 Å². The van der Waals surface area contributed by atoms with E-state index in [0.29, 0.717) is 11.6 Å². The quantitative estimate of drug-likeness (QED) is 0.909. The van der Waals surface area contributed by atoms with E-state index in [-0.39, 0.29) is 5.91 Å². The van der Waals surface area contributed by atoms with Gasteiger partial charge < -0.3 is 5.32 Å². The lowest BCUT2D eigenvalue weighted by Crippen LogP contribution is -2.35. The van der Waals surface area contributed by atoms with Gasteiger partial charge in [-0.25, -0.2) is 9.97 Å². The minimum Gasteiger partial charge on any atom is -0.349 e. The third-order valence-corrected chi connectivity index (χ3v) is 4.78. The monoisotopic (exact) mass is 311 g/mol. The normalized spacial score (nSPS) is 16.8. The van der Waals surface area contributed by atoms with Crippen molar-refractivity contribution in [1.29, 1.82) is 0 Å². The Morgan fingerprint density at radius 1 is 0.957 bits per heavy atom. The first-order valence-corrected chi connectivity index (χ1v) is 8.69. The van der Waals surface area contributed by atoms with Crippen LogP contribution >= 0.6 is 0 Å². The molecule has 0 aliphatic heterocycles. The second kappa shape index (κ2) is 7.07. The van der Waals surface area contributed by atoms with E-state index in [0.717, 1.165) is 35.3 Å². The molecule has 1 aliphatic carbocycles. The van der Waals surface area contributed by atoms with Crippen LogP contribution < -0.4 is 5.32 Å². The van der Waals surface area contributed by atoms with Gasteiger partial charge in [-0.2, -0.15) is 0 Å². The summed E-state index contributed by atoms with van der Waals surface area (Å²) in [5, 5.41) is 3.21. The molecule has 0 unspecified atom stereocenters. The van der Waals surface area contributed by atoms with E-state index < -0.39 is 0 Å². The van der Waals surface area contributed by atoms with Crippen LogP contribution in [-0.4, -0.2) is 21.9 Å². The number of rotatable bonds is 2. The van der Waals surface area contributed by atoms with E-state index in [2.05, 4.69) is 15.3 Å². The first kappa shape index (κ1) is 15.9. The molecule has 4 heteroatoms. The number of hydrogen-bond donors (Lipinski definition) is 1. The number of carbonyl (C=O) groups is 1. The molecule has 1 fully saturated rings. The number of aromatic nitrogens is 2. The maximum Gasteiger partial charge on any atom is 0.251 e. The van der Waals surface area contributed by atoms with Crippen LogP contribution in [0.25, 0.3) is 11.0 Å². The maximum absolute atomic E-state index is 12.5. The van der Waals surface area contributed by atoms with Crippen molar-refractivity contribution in [1.82, 2.24) is 15.3 Å². The van der Waals surface area contributed by atoms with Crippen LogP contribution in [0.15, 0.2) is 18.2 Å². The number of hydrogen-bond acceptors (Lipinski definition) is 3. The molecule has 0 atom stereocenters. The first-order chi connectivity index (χ1) is 11.1. The van der Waals surface area contributed by atoms with Gasteiger partial charge >= 0.3 is 0 Å². The van der Waals surface area contributed by atoms with Gasteiger partial charge in [-0.05, 0) is 44.9 Å². The van der Waals surface area contributed by atoms with E-state index in [1.807, 2.05) is 32.0 Å². The lowest BCUT2D eigenvalue weighted by Gasteiger charge is -2.21. The van der Waals surface area contributed by atoms with Gasteiger partial charge in [0.1, 0.15) is 0 Å². The summed E-state index contributed by atoms with van der Waals surface area (Å²) < 4.78 is 0. The van der Waals surface area contributed by atoms with Gasteiger partial charge in [0, 0.05) is 11.6 Å². The molecule has 1 aromatic heterocycles. The van der Waals surface area contributed by atoms with E-state index >= 15 is 0 Å². The van der Waals surface area contributed by atoms with Gasteiger partial charge in [0.05, 0.1) is 22.4 Å².